The van der Waals surface area contributed by atoms with Crippen LogP contribution in [0.2, 0.25) is 0 Å². The number of rotatable bonds is 3. The maximum Gasteiger partial charge on any atom is 0.0940 e. The first kappa shape index (κ1) is 13.0. The average molecular weight is 344 g/mol. The van der Waals surface area contributed by atoms with Crippen molar-refractivity contribution in [3.63, 3.8) is 0 Å². The minimum atomic E-state index is -0.420. The molecule has 0 radical (unpaired) electrons. The summed E-state index contributed by atoms with van der Waals surface area (Å²) < 4.78 is 0. The van der Waals surface area contributed by atoms with E-state index in [2.05, 4.69) is 5.32 Å². The van der Waals surface area contributed by atoms with Gasteiger partial charge in [0.25, 0.3) is 0 Å². The first-order chi connectivity index (χ1) is 5.75. The van der Waals surface area contributed by atoms with Gasteiger partial charge in [-0.1, -0.05) is 30.3 Å². The summed E-state index contributed by atoms with van der Waals surface area (Å²) in [4.78, 5) is 0. The van der Waals surface area contributed by atoms with Gasteiger partial charge in [0.1, 0.15) is 0 Å². The van der Waals surface area contributed by atoms with E-state index in [4.69, 9.17) is 0 Å². The summed E-state index contributed by atoms with van der Waals surface area (Å²) in [6.07, 6.45) is -0.420. The average Bonchev–Trinajstić information content (AvgIpc) is 2.17. The third kappa shape index (κ3) is 3.71. The molecule has 70 valence electrons. The molecule has 0 saturated carbocycles. The van der Waals surface area contributed by atoms with E-state index in [1.165, 1.54) is 0 Å². The van der Waals surface area contributed by atoms with Crippen LogP contribution in [0.5, 0.6) is 0 Å². The molecule has 0 bridgehead atoms. The van der Waals surface area contributed by atoms with Crippen LogP contribution >= 0.6 is 0 Å². The van der Waals surface area contributed by atoms with Crippen LogP contribution in [-0.4, -0.2) is 18.2 Å². The maximum absolute atomic E-state index is 9.73. The van der Waals surface area contributed by atoms with Gasteiger partial charge in [0.2, 0.25) is 0 Å². The minimum Gasteiger partial charge on any atom is -0.387 e. The van der Waals surface area contributed by atoms with Gasteiger partial charge >= 0.3 is 0 Å². The van der Waals surface area contributed by atoms with Gasteiger partial charge in [-0.25, -0.2) is 0 Å². The predicted molar refractivity (Wildman–Crippen MR) is 49.9 cm³/mol. The van der Waals surface area contributed by atoms with Crippen LogP contribution in [0.25, 0.3) is 0 Å². The second-order valence-electron chi connectivity index (χ2n) is 2.93. The number of hydrogen-bond donors (Lipinski definition) is 2. The molecule has 0 fully saturated rings. The van der Waals surface area contributed by atoms with E-state index in [1.54, 1.807) is 0 Å². The monoisotopic (exact) mass is 345 g/mol. The summed E-state index contributed by atoms with van der Waals surface area (Å²) in [6, 6.07) is 9.76. The zero-order valence-electron chi connectivity index (χ0n) is 7.99. The molecule has 0 aliphatic heterocycles. The Balaban J connectivity index is 0.00000144. The second-order valence-corrected chi connectivity index (χ2v) is 2.93. The molecule has 2 nitrogen and oxygen atoms in total. The summed E-state index contributed by atoms with van der Waals surface area (Å²) in [6.45, 7) is 1.96. The molecule has 0 aliphatic rings. The Hall–Kier alpha value is 0.0101. The van der Waals surface area contributed by atoms with Gasteiger partial charge in [-0.15, -0.1) is 0 Å². The number of aliphatic hydroxyl groups is 1. The van der Waals surface area contributed by atoms with Gasteiger partial charge in [0.05, 0.1) is 6.10 Å². The summed E-state index contributed by atoms with van der Waals surface area (Å²) in [5, 5.41) is 12.7. The van der Waals surface area contributed by atoms with Gasteiger partial charge in [0.15, 0.2) is 0 Å². The van der Waals surface area contributed by atoms with Crippen molar-refractivity contribution >= 4 is 0 Å². The third-order valence-corrected chi connectivity index (χ3v) is 2.07. The molecular weight excluding hydrogens is 329 g/mol. The molecule has 2 atom stereocenters. The molecule has 0 aromatic heterocycles. The van der Waals surface area contributed by atoms with E-state index in [0.717, 1.165) is 5.56 Å². The quantitative estimate of drug-likeness (QED) is 0.812. The third-order valence-electron chi connectivity index (χ3n) is 2.07. The predicted octanol–water partition coefficient (Wildman–Crippen LogP) is 1.33. The van der Waals surface area contributed by atoms with Gasteiger partial charge < -0.3 is 10.4 Å². The summed E-state index contributed by atoms with van der Waals surface area (Å²) in [5.74, 6) is 0. The normalized spacial score (nSPS) is 14.4. The van der Waals surface area contributed by atoms with Crippen LogP contribution in [0.1, 0.15) is 18.6 Å². The minimum absolute atomic E-state index is 0. The number of hydrogen-bond acceptors (Lipinski definition) is 2. The number of benzene rings is 1. The molecule has 0 saturated heterocycles. The number of likely N-dealkylation sites (N-methyl/N-ethyl adjacent to an activating group) is 1. The second kappa shape index (κ2) is 6.46. The zero-order valence-corrected chi connectivity index (χ0v) is 11.6. The molecule has 0 aliphatic carbocycles. The molecule has 1 aromatic carbocycles. The molecule has 1 rings (SSSR count). The summed E-state index contributed by atoms with van der Waals surface area (Å²) >= 11 is 0. The van der Waals surface area contributed by atoms with Crippen molar-refractivity contribution in [2.24, 2.45) is 0 Å². The zero-order chi connectivity index (χ0) is 8.97. The SMILES string of the molecule is CNC(C)C(O)c1ccccc1.[Hf]. The van der Waals surface area contributed by atoms with Crippen molar-refractivity contribution < 1.29 is 30.9 Å². The molecular formula is C10H15HfNO. The van der Waals surface area contributed by atoms with Crippen LogP contribution in [0.15, 0.2) is 30.3 Å². The van der Waals surface area contributed by atoms with Crippen molar-refractivity contribution in [1.29, 1.82) is 0 Å². The number of nitrogens with one attached hydrogen (secondary N) is 1. The molecule has 13 heavy (non-hydrogen) atoms. The van der Waals surface area contributed by atoms with Gasteiger partial charge in [-0.3, -0.25) is 0 Å². The summed E-state index contributed by atoms with van der Waals surface area (Å²) in [5.41, 5.74) is 0.958. The fourth-order valence-corrected chi connectivity index (χ4v) is 1.10. The fourth-order valence-electron chi connectivity index (χ4n) is 1.10. The van der Waals surface area contributed by atoms with Crippen molar-refractivity contribution in [3.8, 4) is 0 Å². The van der Waals surface area contributed by atoms with Gasteiger partial charge in [-0.2, -0.15) is 0 Å². The van der Waals surface area contributed by atoms with Crippen LogP contribution in [0.4, 0.5) is 0 Å². The van der Waals surface area contributed by atoms with Crippen molar-refractivity contribution in [2.45, 2.75) is 19.1 Å². The first-order valence-corrected chi connectivity index (χ1v) is 4.16. The Morgan fingerprint density at radius 1 is 1.23 bits per heavy atom. The first-order valence-electron chi connectivity index (χ1n) is 4.16. The van der Waals surface area contributed by atoms with Crippen LogP contribution in [0, 0.1) is 0 Å². The Kier molecular flexibility index (Phi) is 6.47. The largest absolute Gasteiger partial charge is 0.387 e. The molecule has 2 unspecified atom stereocenters. The fraction of sp³-hybridized carbons (Fsp3) is 0.400. The van der Waals surface area contributed by atoms with E-state index >= 15 is 0 Å². The Morgan fingerprint density at radius 2 is 1.77 bits per heavy atom. The molecule has 3 heteroatoms. The van der Waals surface area contributed by atoms with Crippen LogP contribution in [0.3, 0.4) is 0 Å². The smallest absolute Gasteiger partial charge is 0.0940 e. The standard InChI is InChI=1S/C10H15NO.Hf/c1-8(11-2)10(12)9-6-4-3-5-7-9;/h3-8,10-12H,1-2H3;. The van der Waals surface area contributed by atoms with Crippen molar-refractivity contribution in [3.05, 3.63) is 35.9 Å². The van der Waals surface area contributed by atoms with E-state index in [-0.39, 0.29) is 31.9 Å². The van der Waals surface area contributed by atoms with Crippen molar-refractivity contribution in [1.82, 2.24) is 5.32 Å². The van der Waals surface area contributed by atoms with Crippen LogP contribution < -0.4 is 5.32 Å². The molecule has 0 heterocycles. The molecule has 2 N–H and O–H groups in total. The topological polar surface area (TPSA) is 32.3 Å². The van der Waals surface area contributed by atoms with E-state index in [9.17, 15) is 5.11 Å². The molecule has 1 aromatic rings. The Labute approximate surface area is 98.1 Å². The Morgan fingerprint density at radius 3 is 2.23 bits per heavy atom. The van der Waals surface area contributed by atoms with E-state index in [1.807, 2.05) is 44.3 Å². The number of aliphatic hydroxyl groups excluding tert-OH is 1. The maximum atomic E-state index is 9.73. The molecule has 0 amide bonds. The molecule has 0 spiro atoms. The van der Waals surface area contributed by atoms with Crippen LogP contribution in [-0.2, 0) is 25.8 Å². The Bertz CT molecular complexity index is 228. The van der Waals surface area contributed by atoms with Gasteiger partial charge in [0, 0.05) is 31.9 Å². The van der Waals surface area contributed by atoms with Gasteiger partial charge in [-0.05, 0) is 19.5 Å². The van der Waals surface area contributed by atoms with E-state index < -0.39 is 6.10 Å². The summed E-state index contributed by atoms with van der Waals surface area (Å²) in [7, 11) is 1.84. The van der Waals surface area contributed by atoms with Crippen molar-refractivity contribution in [2.75, 3.05) is 7.05 Å². The van der Waals surface area contributed by atoms with E-state index in [0.29, 0.717) is 0 Å².